The Morgan fingerprint density at radius 1 is 1.33 bits per heavy atom. The highest BCUT2D eigenvalue weighted by Gasteiger charge is 2.17. The van der Waals surface area contributed by atoms with Gasteiger partial charge in [-0.25, -0.2) is 12.8 Å². The van der Waals surface area contributed by atoms with Crippen molar-refractivity contribution in [1.82, 2.24) is 0 Å². The molecule has 1 rings (SSSR count). The van der Waals surface area contributed by atoms with Crippen LogP contribution in [0.1, 0.15) is 31.4 Å². The van der Waals surface area contributed by atoms with Gasteiger partial charge in [-0.1, -0.05) is 26.3 Å². The highest BCUT2D eigenvalue weighted by molar-refractivity contribution is 7.90. The zero-order valence-electron chi connectivity index (χ0n) is 10.8. The van der Waals surface area contributed by atoms with Crippen molar-refractivity contribution >= 4 is 9.84 Å². The topological polar surface area (TPSA) is 60.2 Å². The molecular formula is C13H20FNO2S. The van der Waals surface area contributed by atoms with Crippen LogP contribution in [-0.4, -0.2) is 14.2 Å². The minimum absolute atomic E-state index is 0.0653. The van der Waals surface area contributed by atoms with Crippen molar-refractivity contribution in [3.63, 3.8) is 0 Å². The molecule has 0 amide bonds. The SMILES string of the molecule is CCC(C)CS(=O)(=O)Cc1ccc(F)cc1CN. The Morgan fingerprint density at radius 2 is 2.00 bits per heavy atom. The Bertz CT molecular complexity index is 500. The summed E-state index contributed by atoms with van der Waals surface area (Å²) in [6, 6.07) is 4.08. The first kappa shape index (κ1) is 15.1. The van der Waals surface area contributed by atoms with Crippen LogP contribution in [0.15, 0.2) is 18.2 Å². The molecule has 0 saturated carbocycles. The second kappa shape index (κ2) is 6.29. The van der Waals surface area contributed by atoms with Crippen LogP contribution < -0.4 is 5.73 Å². The molecule has 1 atom stereocenters. The summed E-state index contributed by atoms with van der Waals surface area (Å²) in [4.78, 5) is 0. The molecule has 1 aromatic rings. The molecule has 0 aromatic heterocycles. The summed E-state index contributed by atoms with van der Waals surface area (Å²) in [5.41, 5.74) is 6.66. The lowest BCUT2D eigenvalue weighted by molar-refractivity contribution is 0.563. The largest absolute Gasteiger partial charge is 0.326 e. The van der Waals surface area contributed by atoms with E-state index < -0.39 is 15.7 Å². The van der Waals surface area contributed by atoms with Gasteiger partial charge >= 0.3 is 0 Å². The first-order chi connectivity index (χ1) is 8.38. The van der Waals surface area contributed by atoms with Gasteiger partial charge in [-0.2, -0.15) is 0 Å². The van der Waals surface area contributed by atoms with Crippen LogP contribution in [0.3, 0.4) is 0 Å². The van der Waals surface area contributed by atoms with Crippen molar-refractivity contribution in [2.75, 3.05) is 5.75 Å². The average Bonchev–Trinajstić information content (AvgIpc) is 2.30. The van der Waals surface area contributed by atoms with E-state index in [0.29, 0.717) is 11.1 Å². The molecule has 5 heteroatoms. The number of benzene rings is 1. The van der Waals surface area contributed by atoms with Gasteiger partial charge in [0.1, 0.15) is 5.82 Å². The van der Waals surface area contributed by atoms with Crippen LogP contribution >= 0.6 is 0 Å². The van der Waals surface area contributed by atoms with Crippen molar-refractivity contribution in [1.29, 1.82) is 0 Å². The fraction of sp³-hybridized carbons (Fsp3) is 0.538. The number of halogens is 1. The van der Waals surface area contributed by atoms with Crippen molar-refractivity contribution in [3.05, 3.63) is 35.1 Å². The van der Waals surface area contributed by atoms with Crippen molar-refractivity contribution in [2.45, 2.75) is 32.6 Å². The van der Waals surface area contributed by atoms with E-state index in [0.717, 1.165) is 6.42 Å². The lowest BCUT2D eigenvalue weighted by atomic mass is 10.1. The summed E-state index contributed by atoms with van der Waals surface area (Å²) in [6.45, 7) is 4.02. The summed E-state index contributed by atoms with van der Waals surface area (Å²) >= 11 is 0. The second-order valence-electron chi connectivity index (χ2n) is 4.69. The third kappa shape index (κ3) is 4.38. The number of nitrogens with two attached hydrogens (primary N) is 1. The fourth-order valence-electron chi connectivity index (χ4n) is 1.77. The molecule has 0 aliphatic heterocycles. The lowest BCUT2D eigenvalue weighted by Crippen LogP contribution is -2.16. The second-order valence-corrected chi connectivity index (χ2v) is 6.79. The molecule has 0 aliphatic carbocycles. The van der Waals surface area contributed by atoms with E-state index in [9.17, 15) is 12.8 Å². The van der Waals surface area contributed by atoms with Crippen LogP contribution in [0, 0.1) is 11.7 Å². The third-order valence-corrected chi connectivity index (χ3v) is 4.83. The van der Waals surface area contributed by atoms with E-state index in [-0.39, 0.29) is 24.0 Å². The van der Waals surface area contributed by atoms with E-state index >= 15 is 0 Å². The molecule has 0 radical (unpaired) electrons. The molecule has 102 valence electrons. The summed E-state index contributed by atoms with van der Waals surface area (Å²) in [5.74, 6) is -0.162. The van der Waals surface area contributed by atoms with Crippen LogP contribution in [0.25, 0.3) is 0 Å². The Labute approximate surface area is 108 Å². The predicted molar refractivity (Wildman–Crippen MR) is 71.2 cm³/mol. The van der Waals surface area contributed by atoms with Crippen molar-refractivity contribution in [3.8, 4) is 0 Å². The van der Waals surface area contributed by atoms with Crippen molar-refractivity contribution in [2.24, 2.45) is 11.7 Å². The quantitative estimate of drug-likeness (QED) is 0.864. The van der Waals surface area contributed by atoms with Gasteiger partial charge in [-0.05, 0) is 29.2 Å². The third-order valence-electron chi connectivity index (χ3n) is 3.00. The van der Waals surface area contributed by atoms with Crippen LogP contribution in [0.4, 0.5) is 4.39 Å². The zero-order chi connectivity index (χ0) is 13.8. The molecule has 0 spiro atoms. The molecular weight excluding hydrogens is 253 g/mol. The van der Waals surface area contributed by atoms with Gasteiger partial charge in [0.25, 0.3) is 0 Å². The van der Waals surface area contributed by atoms with Gasteiger partial charge in [0.2, 0.25) is 0 Å². The summed E-state index contributed by atoms with van der Waals surface area (Å²) in [5, 5.41) is 0. The maximum absolute atomic E-state index is 13.0. The normalized spacial score (nSPS) is 13.6. The molecule has 0 saturated heterocycles. The Morgan fingerprint density at radius 3 is 2.56 bits per heavy atom. The van der Waals surface area contributed by atoms with E-state index in [1.807, 2.05) is 13.8 Å². The first-order valence-corrected chi connectivity index (χ1v) is 7.88. The van der Waals surface area contributed by atoms with Crippen molar-refractivity contribution < 1.29 is 12.8 Å². The standard InChI is InChI=1S/C13H20FNO2S/c1-3-10(2)8-18(16,17)9-11-4-5-13(14)6-12(11)7-15/h4-6,10H,3,7-9,15H2,1-2H3. The lowest BCUT2D eigenvalue weighted by Gasteiger charge is -2.12. The van der Waals surface area contributed by atoms with Gasteiger partial charge in [-0.15, -0.1) is 0 Å². The zero-order valence-corrected chi connectivity index (χ0v) is 11.6. The molecule has 0 aliphatic rings. The Kier molecular flexibility index (Phi) is 5.28. The molecule has 18 heavy (non-hydrogen) atoms. The maximum atomic E-state index is 13.0. The molecule has 2 N–H and O–H groups in total. The summed E-state index contributed by atoms with van der Waals surface area (Å²) in [7, 11) is -3.17. The van der Waals surface area contributed by atoms with Gasteiger partial charge in [-0.3, -0.25) is 0 Å². The molecule has 0 bridgehead atoms. The number of rotatable bonds is 6. The number of hydrogen-bond donors (Lipinski definition) is 1. The van der Waals surface area contributed by atoms with Gasteiger partial charge < -0.3 is 5.73 Å². The highest BCUT2D eigenvalue weighted by Crippen LogP contribution is 2.16. The first-order valence-electron chi connectivity index (χ1n) is 6.05. The molecule has 3 nitrogen and oxygen atoms in total. The summed E-state index contributed by atoms with van der Waals surface area (Å²) in [6.07, 6.45) is 0.826. The minimum Gasteiger partial charge on any atom is -0.326 e. The van der Waals surface area contributed by atoms with Crippen LogP contribution in [-0.2, 0) is 22.1 Å². The number of sulfone groups is 1. The van der Waals surface area contributed by atoms with Gasteiger partial charge in [0.05, 0.1) is 11.5 Å². The average molecular weight is 273 g/mol. The minimum atomic E-state index is -3.17. The molecule has 1 aromatic carbocycles. The molecule has 0 fully saturated rings. The van der Waals surface area contributed by atoms with Gasteiger partial charge in [0, 0.05) is 6.54 Å². The monoisotopic (exact) mass is 273 g/mol. The van der Waals surface area contributed by atoms with Gasteiger partial charge in [0.15, 0.2) is 9.84 Å². The molecule has 1 unspecified atom stereocenters. The predicted octanol–water partition coefficient (Wildman–Crippen LogP) is 2.25. The van der Waals surface area contributed by atoms with E-state index in [2.05, 4.69) is 0 Å². The summed E-state index contributed by atoms with van der Waals surface area (Å²) < 4.78 is 37.0. The van der Waals surface area contributed by atoms with E-state index in [4.69, 9.17) is 5.73 Å². The van der Waals surface area contributed by atoms with E-state index in [1.165, 1.54) is 18.2 Å². The Balaban J connectivity index is 2.90. The fourth-order valence-corrected chi connectivity index (χ4v) is 3.75. The maximum Gasteiger partial charge on any atom is 0.154 e. The van der Waals surface area contributed by atoms with Crippen LogP contribution in [0.2, 0.25) is 0 Å². The Hall–Kier alpha value is -0.940. The number of hydrogen-bond acceptors (Lipinski definition) is 3. The van der Waals surface area contributed by atoms with Crippen LogP contribution in [0.5, 0.6) is 0 Å². The molecule has 0 heterocycles. The highest BCUT2D eigenvalue weighted by atomic mass is 32.2. The smallest absolute Gasteiger partial charge is 0.154 e. The van der Waals surface area contributed by atoms with E-state index in [1.54, 1.807) is 0 Å².